The Kier molecular flexibility index (Phi) is 5.43. The van der Waals surface area contributed by atoms with E-state index >= 15 is 0 Å². The van der Waals surface area contributed by atoms with Crippen LogP contribution in [0.15, 0.2) is 58.8 Å². The summed E-state index contributed by atoms with van der Waals surface area (Å²) in [7, 11) is 2.17. The highest BCUT2D eigenvalue weighted by Gasteiger charge is 2.48. The van der Waals surface area contributed by atoms with E-state index in [-0.39, 0.29) is 17.7 Å². The van der Waals surface area contributed by atoms with Crippen molar-refractivity contribution < 1.29 is 0 Å². The molecule has 6 rings (SSSR count). The minimum atomic E-state index is -0.541. The van der Waals surface area contributed by atoms with Crippen molar-refractivity contribution in [2.45, 2.75) is 57.7 Å². The topological polar surface area (TPSA) is 103 Å². The van der Waals surface area contributed by atoms with E-state index in [2.05, 4.69) is 52.1 Å². The number of allylic oxidation sites excluding steroid dienone is 1. The predicted molar refractivity (Wildman–Crippen MR) is 147 cm³/mol. The fourth-order valence-electron chi connectivity index (χ4n) is 5.58. The van der Waals surface area contributed by atoms with Gasteiger partial charge in [0.05, 0.1) is 12.1 Å². The fraction of sp³-hybridized carbons (Fsp3) is 0.393. The van der Waals surface area contributed by atoms with Gasteiger partial charge in [-0.2, -0.15) is 4.98 Å². The van der Waals surface area contributed by atoms with Crippen molar-refractivity contribution >= 4 is 22.7 Å². The van der Waals surface area contributed by atoms with Crippen LogP contribution in [0.5, 0.6) is 0 Å². The molecule has 1 saturated carbocycles. The zero-order valence-electron chi connectivity index (χ0n) is 22.2. The highest BCUT2D eigenvalue weighted by molar-refractivity contribution is 5.77. The van der Waals surface area contributed by atoms with Crippen molar-refractivity contribution in [1.82, 2.24) is 34.0 Å². The van der Waals surface area contributed by atoms with E-state index in [4.69, 9.17) is 4.98 Å². The first-order valence-electron chi connectivity index (χ1n) is 12.9. The van der Waals surface area contributed by atoms with Gasteiger partial charge in [0.25, 0.3) is 11.1 Å². The summed E-state index contributed by atoms with van der Waals surface area (Å²) in [6.45, 7) is 11.8. The van der Waals surface area contributed by atoms with E-state index in [1.165, 1.54) is 45.6 Å². The molecule has 38 heavy (non-hydrogen) atoms. The Morgan fingerprint density at radius 3 is 2.66 bits per heavy atom. The molecule has 0 bridgehead atoms. The second-order valence-corrected chi connectivity index (χ2v) is 11.5. The normalized spacial score (nSPS) is 16.5. The SMILES string of the molecule is C=CCn1c(=O)c2cnc(Nc3ccc4c(c3)CN(C)CC43CC3)nc2n1-c1ccc(=O)n(C(C)(C)C)n1. The van der Waals surface area contributed by atoms with Crippen LogP contribution in [0, 0.1) is 0 Å². The molecule has 0 saturated heterocycles. The van der Waals surface area contributed by atoms with Crippen LogP contribution in [0.2, 0.25) is 0 Å². The van der Waals surface area contributed by atoms with E-state index < -0.39 is 5.54 Å². The molecule has 1 aliphatic carbocycles. The smallest absolute Gasteiger partial charge is 0.278 e. The third-order valence-electron chi connectivity index (χ3n) is 7.42. The lowest BCUT2D eigenvalue weighted by atomic mass is 9.87. The Hall–Kier alpha value is -4.05. The standard InChI is InChI=1S/C28H32N8O2/c1-6-13-34-25(38)20-15-29-26(30-19-7-8-21-18(14-19)16-33(5)17-28(21)11-12-28)31-24(20)35(34)22-9-10-23(37)36(32-22)27(2,3)4/h6-10,14-15H,1,11-13,16-17H2,2-5H3,(H,29,30,31). The summed E-state index contributed by atoms with van der Waals surface area (Å²) in [5.41, 5.74) is 3.37. The van der Waals surface area contributed by atoms with Gasteiger partial charge in [0.1, 0.15) is 5.39 Å². The highest BCUT2D eigenvalue weighted by Crippen LogP contribution is 2.52. The van der Waals surface area contributed by atoms with E-state index in [0.29, 0.717) is 28.2 Å². The molecule has 1 aliphatic heterocycles. The number of aromatic nitrogens is 6. The molecule has 0 atom stereocenters. The maximum atomic E-state index is 13.3. The van der Waals surface area contributed by atoms with Gasteiger partial charge < -0.3 is 10.2 Å². The number of benzene rings is 1. The predicted octanol–water partition coefficient (Wildman–Crippen LogP) is 3.30. The molecule has 10 heteroatoms. The third kappa shape index (κ3) is 3.96. The molecule has 3 aromatic heterocycles. The van der Waals surface area contributed by atoms with Crippen molar-refractivity contribution in [1.29, 1.82) is 0 Å². The molecule has 10 nitrogen and oxygen atoms in total. The summed E-state index contributed by atoms with van der Waals surface area (Å²) in [5, 5.41) is 8.28. The summed E-state index contributed by atoms with van der Waals surface area (Å²) in [6.07, 6.45) is 5.66. The largest absolute Gasteiger partial charge is 0.324 e. The number of fused-ring (bicyclic) bond motifs is 3. The molecule has 1 N–H and O–H groups in total. The van der Waals surface area contributed by atoms with Crippen LogP contribution < -0.4 is 16.4 Å². The molecule has 1 spiro atoms. The van der Waals surface area contributed by atoms with Crippen LogP contribution >= 0.6 is 0 Å². The number of likely N-dealkylation sites (N-methyl/N-ethyl adjacent to an activating group) is 1. The van der Waals surface area contributed by atoms with E-state index in [1.54, 1.807) is 16.8 Å². The van der Waals surface area contributed by atoms with Crippen LogP contribution in [0.3, 0.4) is 0 Å². The molecule has 1 aromatic carbocycles. The van der Waals surface area contributed by atoms with Gasteiger partial charge in [0.2, 0.25) is 5.95 Å². The summed E-state index contributed by atoms with van der Waals surface area (Å²) in [5.74, 6) is 0.779. The monoisotopic (exact) mass is 512 g/mol. The summed E-state index contributed by atoms with van der Waals surface area (Å²) in [6, 6.07) is 9.54. The Morgan fingerprint density at radius 1 is 1.16 bits per heavy atom. The van der Waals surface area contributed by atoms with Crippen LogP contribution in [-0.4, -0.2) is 47.6 Å². The van der Waals surface area contributed by atoms with Gasteiger partial charge in [-0.25, -0.2) is 19.0 Å². The summed E-state index contributed by atoms with van der Waals surface area (Å²) in [4.78, 5) is 37.4. The fourth-order valence-corrected chi connectivity index (χ4v) is 5.58. The number of anilines is 2. The lowest BCUT2D eigenvalue weighted by Gasteiger charge is -2.32. The van der Waals surface area contributed by atoms with Gasteiger partial charge in [0, 0.05) is 36.5 Å². The number of rotatable bonds is 5. The van der Waals surface area contributed by atoms with E-state index in [1.807, 2.05) is 20.8 Å². The van der Waals surface area contributed by atoms with E-state index in [0.717, 1.165) is 18.8 Å². The van der Waals surface area contributed by atoms with Gasteiger partial charge in [-0.1, -0.05) is 12.1 Å². The number of nitrogens with zero attached hydrogens (tertiary/aromatic N) is 7. The quantitative estimate of drug-likeness (QED) is 0.409. The number of nitrogens with one attached hydrogen (secondary N) is 1. The zero-order valence-corrected chi connectivity index (χ0v) is 22.2. The zero-order chi connectivity index (χ0) is 26.8. The first kappa shape index (κ1) is 24.3. The molecule has 4 aromatic rings. The summed E-state index contributed by atoms with van der Waals surface area (Å²) < 4.78 is 4.54. The van der Waals surface area contributed by atoms with Crippen LogP contribution in [0.1, 0.15) is 44.7 Å². The summed E-state index contributed by atoms with van der Waals surface area (Å²) >= 11 is 0. The van der Waals surface area contributed by atoms with Crippen LogP contribution in [-0.2, 0) is 24.0 Å². The van der Waals surface area contributed by atoms with Crippen LogP contribution in [0.4, 0.5) is 11.6 Å². The lowest BCUT2D eigenvalue weighted by molar-refractivity contribution is 0.271. The van der Waals surface area contributed by atoms with Crippen molar-refractivity contribution in [3.63, 3.8) is 0 Å². The minimum absolute atomic E-state index is 0.224. The average Bonchev–Trinajstić information content (AvgIpc) is 3.56. The second-order valence-electron chi connectivity index (χ2n) is 11.5. The van der Waals surface area contributed by atoms with Gasteiger partial charge in [0.15, 0.2) is 11.5 Å². The maximum absolute atomic E-state index is 13.3. The lowest BCUT2D eigenvalue weighted by Crippen LogP contribution is -2.36. The minimum Gasteiger partial charge on any atom is -0.324 e. The Morgan fingerprint density at radius 2 is 1.95 bits per heavy atom. The van der Waals surface area contributed by atoms with Crippen molar-refractivity contribution in [2.24, 2.45) is 0 Å². The first-order chi connectivity index (χ1) is 18.1. The Bertz CT molecular complexity index is 1700. The van der Waals surface area contributed by atoms with Crippen molar-refractivity contribution in [3.05, 3.63) is 81.0 Å². The molecule has 4 heterocycles. The second kappa shape index (κ2) is 8.49. The van der Waals surface area contributed by atoms with Gasteiger partial charge in [-0.15, -0.1) is 11.7 Å². The number of hydrogen-bond donors (Lipinski definition) is 1. The van der Waals surface area contributed by atoms with Gasteiger partial charge in [-0.05, 0) is 70.0 Å². The molecule has 196 valence electrons. The Labute approximate surface area is 220 Å². The van der Waals surface area contributed by atoms with Gasteiger partial charge >= 0.3 is 0 Å². The molecule has 0 amide bonds. The third-order valence-corrected chi connectivity index (χ3v) is 7.42. The number of hydrogen-bond acceptors (Lipinski definition) is 7. The molecular weight excluding hydrogens is 480 g/mol. The molecule has 0 radical (unpaired) electrons. The molecular formula is C28H32N8O2. The molecule has 0 unspecified atom stereocenters. The first-order valence-corrected chi connectivity index (χ1v) is 12.9. The van der Waals surface area contributed by atoms with Gasteiger partial charge in [-0.3, -0.25) is 9.59 Å². The average molecular weight is 513 g/mol. The van der Waals surface area contributed by atoms with Crippen molar-refractivity contribution in [2.75, 3.05) is 18.9 Å². The van der Waals surface area contributed by atoms with Crippen LogP contribution in [0.25, 0.3) is 16.9 Å². The van der Waals surface area contributed by atoms with Crippen molar-refractivity contribution in [3.8, 4) is 5.82 Å². The maximum Gasteiger partial charge on any atom is 0.278 e. The Balaban J connectivity index is 1.44. The van der Waals surface area contributed by atoms with E-state index in [9.17, 15) is 9.59 Å². The highest BCUT2D eigenvalue weighted by atomic mass is 16.1. The molecule has 2 aliphatic rings. The molecule has 1 fully saturated rings.